The van der Waals surface area contributed by atoms with Gasteiger partial charge in [0.15, 0.2) is 17.6 Å². The van der Waals surface area contributed by atoms with Gasteiger partial charge >= 0.3 is 5.97 Å². The minimum absolute atomic E-state index is 0.0326. The van der Waals surface area contributed by atoms with Crippen LogP contribution in [0.4, 0.5) is 5.69 Å². The Bertz CT molecular complexity index is 1240. The van der Waals surface area contributed by atoms with Gasteiger partial charge in [-0.1, -0.05) is 23.2 Å². The molecule has 3 aliphatic heterocycles. The molecule has 0 saturated carbocycles. The molecule has 3 heterocycles. The first-order valence-corrected chi connectivity index (χ1v) is 12.8. The number of esters is 1. The lowest BCUT2D eigenvalue weighted by molar-refractivity contribution is -0.235. The number of anilines is 1. The lowest BCUT2D eigenvalue weighted by Crippen LogP contribution is -2.58. The molecule has 2 aromatic rings. The number of aromatic hydroxyl groups is 2. The average molecular weight is 571 g/mol. The number of phenolic OH excluding ortho intramolecular Hbond substituents is 2. The number of methoxy groups -OCH3 is 1. The monoisotopic (exact) mass is 570 g/mol. The second-order valence-corrected chi connectivity index (χ2v) is 10.3. The maximum atomic E-state index is 13.2. The van der Waals surface area contributed by atoms with E-state index in [0.29, 0.717) is 36.2 Å². The highest BCUT2D eigenvalue weighted by Gasteiger charge is 2.53. The van der Waals surface area contributed by atoms with E-state index < -0.39 is 54.6 Å². The lowest BCUT2D eigenvalue weighted by atomic mass is 9.84. The van der Waals surface area contributed by atoms with E-state index in [1.54, 1.807) is 12.1 Å². The van der Waals surface area contributed by atoms with E-state index in [0.717, 1.165) is 5.69 Å². The summed E-state index contributed by atoms with van der Waals surface area (Å²) in [7, 11) is 1.26. The number of hydrogen-bond acceptors (Lipinski definition) is 11. The predicted molar refractivity (Wildman–Crippen MR) is 136 cm³/mol. The molecule has 0 radical (unpaired) electrons. The third-order valence-corrected chi connectivity index (χ3v) is 8.11. The molecule has 0 bridgehead atoms. The highest BCUT2D eigenvalue weighted by atomic mass is 35.5. The van der Waals surface area contributed by atoms with Crippen LogP contribution in [0, 0.1) is 0 Å². The molecule has 5 rings (SSSR count). The second-order valence-electron chi connectivity index (χ2n) is 9.49. The van der Waals surface area contributed by atoms with Gasteiger partial charge in [-0.3, -0.25) is 4.90 Å². The summed E-state index contributed by atoms with van der Waals surface area (Å²) < 4.78 is 16.5. The number of halogens is 2. The number of aliphatic hydroxyl groups excluding tert-OH is 3. The first-order valence-electron chi connectivity index (χ1n) is 12.1. The van der Waals surface area contributed by atoms with Gasteiger partial charge in [0.25, 0.3) is 0 Å². The van der Waals surface area contributed by atoms with Crippen molar-refractivity contribution in [2.45, 2.75) is 37.1 Å². The van der Waals surface area contributed by atoms with E-state index in [1.807, 2.05) is 11.0 Å². The van der Waals surface area contributed by atoms with Crippen LogP contribution in [0.1, 0.15) is 27.6 Å². The van der Waals surface area contributed by atoms with Crippen molar-refractivity contribution in [1.82, 2.24) is 4.90 Å². The van der Waals surface area contributed by atoms with Crippen LogP contribution in [0.25, 0.3) is 0 Å². The molecular weight excluding hydrogens is 543 g/mol. The summed E-state index contributed by atoms with van der Waals surface area (Å²) >= 11 is 12.2. The topological polar surface area (TPSA) is 152 Å². The highest BCUT2D eigenvalue weighted by Crippen LogP contribution is 2.52. The number of benzene rings is 2. The third-order valence-electron chi connectivity index (χ3n) is 7.37. The minimum atomic E-state index is -1.57. The molecule has 2 fully saturated rings. The molecule has 2 aromatic carbocycles. The minimum Gasteiger partial charge on any atom is -0.504 e. The third kappa shape index (κ3) is 4.51. The molecule has 0 spiro atoms. The van der Waals surface area contributed by atoms with Crippen LogP contribution in [0.15, 0.2) is 18.2 Å². The first kappa shape index (κ1) is 27.1. The summed E-state index contributed by atoms with van der Waals surface area (Å²) in [5.41, 5.74) is 0.962. The molecule has 3 aliphatic rings. The van der Waals surface area contributed by atoms with Crippen LogP contribution < -0.4 is 9.64 Å². The number of carbonyl (C=O) groups excluding carboxylic acids is 1. The molecule has 2 saturated heterocycles. The van der Waals surface area contributed by atoms with Gasteiger partial charge in [0, 0.05) is 49.5 Å². The lowest BCUT2D eigenvalue weighted by Gasteiger charge is -2.45. The van der Waals surface area contributed by atoms with Crippen molar-refractivity contribution in [1.29, 1.82) is 0 Å². The van der Waals surface area contributed by atoms with Crippen LogP contribution in [0.2, 0.25) is 10.0 Å². The van der Waals surface area contributed by atoms with Gasteiger partial charge in [0.1, 0.15) is 24.4 Å². The Hall–Kier alpha value is -2.51. The SMILES string of the molecule is COc1c(O)c(CN2CCN(c3ccc(Cl)c(Cl)c3)CC2)c2c(c1O)[C@H]1O[C@H](CO)[C@@H](O)[C@H](O)[C@H]1OC2=O. The maximum absolute atomic E-state index is 13.2. The Morgan fingerprint density at radius 1 is 1.05 bits per heavy atom. The summed E-state index contributed by atoms with van der Waals surface area (Å²) in [6.45, 7) is 1.94. The first-order chi connectivity index (χ1) is 18.2. The molecule has 0 aromatic heterocycles. The van der Waals surface area contributed by atoms with E-state index in [-0.39, 0.29) is 29.0 Å². The fraction of sp³-hybridized carbons (Fsp3) is 0.480. The van der Waals surface area contributed by atoms with Crippen LogP contribution in [0.5, 0.6) is 17.2 Å². The van der Waals surface area contributed by atoms with Crippen LogP contribution in [0.3, 0.4) is 0 Å². The van der Waals surface area contributed by atoms with Crippen molar-refractivity contribution in [3.63, 3.8) is 0 Å². The average Bonchev–Trinajstić information content (AvgIpc) is 2.91. The Morgan fingerprint density at radius 3 is 2.39 bits per heavy atom. The molecule has 5 atom stereocenters. The van der Waals surface area contributed by atoms with Gasteiger partial charge < -0.3 is 44.6 Å². The fourth-order valence-electron chi connectivity index (χ4n) is 5.33. The number of ether oxygens (including phenoxy) is 3. The molecule has 11 nitrogen and oxygen atoms in total. The van der Waals surface area contributed by atoms with Gasteiger partial charge in [-0.2, -0.15) is 0 Å². The van der Waals surface area contributed by atoms with Crippen molar-refractivity contribution in [3.8, 4) is 17.2 Å². The zero-order chi connectivity index (χ0) is 27.3. The molecular formula is C25H28Cl2N2O9. The largest absolute Gasteiger partial charge is 0.504 e. The smallest absolute Gasteiger partial charge is 0.339 e. The van der Waals surface area contributed by atoms with Crippen molar-refractivity contribution in [3.05, 3.63) is 44.9 Å². The summed E-state index contributed by atoms with van der Waals surface area (Å²) in [5, 5.41) is 53.4. The number of rotatable bonds is 5. The van der Waals surface area contributed by atoms with E-state index in [1.165, 1.54) is 7.11 Å². The molecule has 0 aliphatic carbocycles. The quantitative estimate of drug-likeness (QED) is 0.332. The summed E-state index contributed by atoms with van der Waals surface area (Å²) in [6, 6.07) is 5.43. The van der Waals surface area contributed by atoms with E-state index in [2.05, 4.69) is 4.90 Å². The number of fused-ring (bicyclic) bond motifs is 3. The number of hydrogen-bond donors (Lipinski definition) is 5. The van der Waals surface area contributed by atoms with Crippen molar-refractivity contribution in [2.75, 3.05) is 44.8 Å². The number of nitrogens with zero attached hydrogens (tertiary/aromatic N) is 2. The zero-order valence-electron chi connectivity index (χ0n) is 20.4. The van der Waals surface area contributed by atoms with E-state index in [9.17, 15) is 30.3 Å². The van der Waals surface area contributed by atoms with E-state index in [4.69, 9.17) is 37.4 Å². The molecule has 5 N–H and O–H groups in total. The van der Waals surface area contributed by atoms with Gasteiger partial charge in [0.2, 0.25) is 5.75 Å². The molecule has 38 heavy (non-hydrogen) atoms. The van der Waals surface area contributed by atoms with Crippen molar-refractivity contribution < 1.29 is 44.5 Å². The predicted octanol–water partition coefficient (Wildman–Crippen LogP) is 1.43. The fourth-order valence-corrected chi connectivity index (χ4v) is 5.63. The van der Waals surface area contributed by atoms with Crippen molar-refractivity contribution in [2.24, 2.45) is 0 Å². The van der Waals surface area contributed by atoms with Crippen LogP contribution in [-0.4, -0.2) is 101 Å². The molecule has 13 heteroatoms. The highest BCUT2D eigenvalue weighted by molar-refractivity contribution is 6.42. The van der Waals surface area contributed by atoms with Crippen LogP contribution >= 0.6 is 23.2 Å². The molecule has 0 amide bonds. The second kappa shape index (κ2) is 10.6. The standard InChI is InChI=1S/C25H28Cl2N2O9/c1-36-23-18(31)12(9-28-4-6-29(7-5-28)11-2-3-13(26)14(27)8-11)16-17(20(23)33)22-24(38-25(16)35)21(34)19(32)15(10-30)37-22/h2-3,8,15,19,21-22,24,30-34H,4-7,9-10H2,1H3/t15-,19-,21+,22-,24-/m1/s1. The molecule has 206 valence electrons. The number of phenols is 2. The summed E-state index contributed by atoms with van der Waals surface area (Å²) in [5.74, 6) is -2.11. The van der Waals surface area contributed by atoms with Gasteiger partial charge in [-0.25, -0.2) is 4.79 Å². The Morgan fingerprint density at radius 2 is 1.76 bits per heavy atom. The van der Waals surface area contributed by atoms with Gasteiger partial charge in [-0.15, -0.1) is 0 Å². The Labute approximate surface area is 228 Å². The summed E-state index contributed by atoms with van der Waals surface area (Å²) in [6.07, 6.45) is -6.82. The Kier molecular flexibility index (Phi) is 7.53. The summed E-state index contributed by atoms with van der Waals surface area (Å²) in [4.78, 5) is 17.3. The normalized spacial score (nSPS) is 27.5. The maximum Gasteiger partial charge on any atom is 0.339 e. The van der Waals surface area contributed by atoms with Crippen LogP contribution in [-0.2, 0) is 16.0 Å². The molecule has 0 unspecified atom stereocenters. The zero-order valence-corrected chi connectivity index (χ0v) is 21.9. The van der Waals surface area contributed by atoms with E-state index >= 15 is 0 Å². The van der Waals surface area contributed by atoms with Gasteiger partial charge in [0.05, 0.1) is 29.3 Å². The number of piperazine rings is 1. The van der Waals surface area contributed by atoms with Crippen molar-refractivity contribution >= 4 is 34.9 Å². The number of aliphatic hydroxyl groups is 3. The number of carbonyl (C=O) groups is 1. The van der Waals surface area contributed by atoms with Gasteiger partial charge in [-0.05, 0) is 18.2 Å². The Balaban J connectivity index is 1.46.